The Bertz CT molecular complexity index is 745. The van der Waals surface area contributed by atoms with Crippen LogP contribution in [-0.2, 0) is 9.59 Å². The molecule has 1 heterocycles. The highest BCUT2D eigenvalue weighted by molar-refractivity contribution is 6.32. The average Bonchev–Trinajstić information content (AvgIpc) is 2.59. The quantitative estimate of drug-likeness (QED) is 0.548. The molecule has 0 bridgehead atoms. The minimum atomic E-state index is -1.09. The predicted octanol–water partition coefficient (Wildman–Crippen LogP) is 0.806. The van der Waals surface area contributed by atoms with Gasteiger partial charge in [0, 0.05) is 6.21 Å². The van der Waals surface area contributed by atoms with Gasteiger partial charge in [0.15, 0.2) is 5.92 Å². The van der Waals surface area contributed by atoms with Crippen molar-refractivity contribution in [2.45, 2.75) is 34.6 Å². The van der Waals surface area contributed by atoms with Crippen molar-refractivity contribution in [1.29, 1.82) is 0 Å². The van der Waals surface area contributed by atoms with Gasteiger partial charge in [-0.25, -0.2) is 9.69 Å². The molecule has 0 saturated carbocycles. The molecule has 1 fully saturated rings. The number of amides is 4. The number of hydrogen-bond acceptors (Lipinski definition) is 4. The van der Waals surface area contributed by atoms with Crippen molar-refractivity contribution < 1.29 is 19.3 Å². The molecule has 146 valence electrons. The largest absolute Gasteiger partial charge is 0.335 e. The van der Waals surface area contributed by atoms with Crippen molar-refractivity contribution >= 4 is 29.7 Å². The maximum atomic E-state index is 12.9. The number of urea groups is 1. The molecule has 0 spiro atoms. The first kappa shape index (κ1) is 20.8. The average molecular weight is 373 g/mol. The van der Waals surface area contributed by atoms with Gasteiger partial charge in [0.1, 0.15) is 0 Å². The number of nitrogens with one attached hydrogen (secondary N) is 2. The smallest absolute Gasteiger partial charge is 0.334 e. The molecule has 0 radical (unpaired) electrons. The van der Waals surface area contributed by atoms with Gasteiger partial charge in [-0.05, 0) is 45.7 Å². The second-order valence-electron chi connectivity index (χ2n) is 6.96. The number of carbonyl (C=O) groups is 3. The first-order valence-corrected chi connectivity index (χ1v) is 9.40. The number of anilines is 1. The molecule has 1 aromatic carbocycles. The third kappa shape index (κ3) is 4.60. The Hall–Kier alpha value is -2.54. The summed E-state index contributed by atoms with van der Waals surface area (Å²) < 4.78 is 0. The zero-order chi connectivity index (χ0) is 20.1. The molecule has 1 unspecified atom stereocenters. The van der Waals surface area contributed by atoms with E-state index in [2.05, 4.69) is 24.2 Å². The highest BCUT2D eigenvalue weighted by atomic mass is 16.2. The Morgan fingerprint density at radius 1 is 1.11 bits per heavy atom. The second-order valence-corrected chi connectivity index (χ2v) is 6.96. The Balaban J connectivity index is 2.23. The molecule has 27 heavy (non-hydrogen) atoms. The van der Waals surface area contributed by atoms with E-state index in [1.807, 2.05) is 32.9 Å². The molecular weight excluding hydrogens is 344 g/mol. The fraction of sp³-hybridized carbons (Fsp3) is 0.500. The van der Waals surface area contributed by atoms with Crippen LogP contribution in [0.4, 0.5) is 10.5 Å². The second kappa shape index (κ2) is 8.90. The monoisotopic (exact) mass is 373 g/mol. The Kier molecular flexibility index (Phi) is 6.85. The van der Waals surface area contributed by atoms with Crippen LogP contribution in [0.1, 0.15) is 30.5 Å². The molecule has 1 aromatic rings. The summed E-state index contributed by atoms with van der Waals surface area (Å²) in [4.78, 5) is 44.2. The molecule has 1 saturated heterocycles. The van der Waals surface area contributed by atoms with Crippen LogP contribution in [0.5, 0.6) is 0 Å². The molecule has 7 heteroatoms. The van der Waals surface area contributed by atoms with Crippen LogP contribution in [0.25, 0.3) is 0 Å². The van der Waals surface area contributed by atoms with Crippen LogP contribution in [0, 0.1) is 26.7 Å². The van der Waals surface area contributed by atoms with Gasteiger partial charge < -0.3 is 4.90 Å². The third-order valence-corrected chi connectivity index (χ3v) is 4.91. The number of nitrogens with zero attached hydrogens (tertiary/aromatic N) is 2. The van der Waals surface area contributed by atoms with Crippen molar-refractivity contribution in [3.05, 3.63) is 28.8 Å². The normalized spacial score (nSPS) is 17.9. The zero-order valence-electron chi connectivity index (χ0n) is 16.8. The third-order valence-electron chi connectivity index (χ3n) is 4.91. The van der Waals surface area contributed by atoms with E-state index in [-0.39, 0.29) is 0 Å². The number of barbiturate groups is 1. The number of likely N-dealkylation sites (N-methyl/N-ethyl adjacent to an activating group) is 1. The fourth-order valence-electron chi connectivity index (χ4n) is 3.46. The molecule has 1 aliphatic rings. The summed E-state index contributed by atoms with van der Waals surface area (Å²) in [5.74, 6) is -2.27. The van der Waals surface area contributed by atoms with E-state index in [9.17, 15) is 14.4 Å². The number of imide groups is 2. The number of aliphatic imine (C=N–C) groups is 1. The topological polar surface area (TPSA) is 83.3 Å². The summed E-state index contributed by atoms with van der Waals surface area (Å²) >= 11 is 0. The van der Waals surface area contributed by atoms with Gasteiger partial charge >= 0.3 is 6.03 Å². The minimum absolute atomic E-state index is 0.529. The van der Waals surface area contributed by atoms with Gasteiger partial charge in [-0.1, -0.05) is 17.7 Å². The van der Waals surface area contributed by atoms with Crippen LogP contribution < -0.4 is 15.1 Å². The number of rotatable bonds is 7. The SMILES string of the molecule is CC[NH+](CC)CCN=CC1C(=O)NC(=O)N(c2c(C)cc(C)cc2C)C1=O. The van der Waals surface area contributed by atoms with Gasteiger partial charge in [-0.15, -0.1) is 0 Å². The summed E-state index contributed by atoms with van der Waals surface area (Å²) in [6, 6.07) is 3.11. The Morgan fingerprint density at radius 2 is 1.70 bits per heavy atom. The lowest BCUT2D eigenvalue weighted by atomic mass is 10.0. The van der Waals surface area contributed by atoms with E-state index in [1.54, 1.807) is 0 Å². The van der Waals surface area contributed by atoms with Crippen LogP contribution in [0.3, 0.4) is 0 Å². The minimum Gasteiger partial charge on any atom is -0.334 e. The Morgan fingerprint density at radius 3 is 2.26 bits per heavy atom. The summed E-state index contributed by atoms with van der Waals surface area (Å²) in [7, 11) is 0. The molecule has 1 atom stereocenters. The van der Waals surface area contributed by atoms with E-state index in [1.165, 1.54) is 11.1 Å². The van der Waals surface area contributed by atoms with E-state index in [4.69, 9.17) is 0 Å². The lowest BCUT2D eigenvalue weighted by Gasteiger charge is -2.30. The predicted molar refractivity (Wildman–Crippen MR) is 105 cm³/mol. The van der Waals surface area contributed by atoms with Crippen molar-refractivity contribution in [1.82, 2.24) is 5.32 Å². The Labute approximate surface area is 160 Å². The molecule has 0 aromatic heterocycles. The molecule has 2 N–H and O–H groups in total. The van der Waals surface area contributed by atoms with Crippen molar-refractivity contribution in [3.8, 4) is 0 Å². The highest BCUT2D eigenvalue weighted by Crippen LogP contribution is 2.29. The van der Waals surface area contributed by atoms with Gasteiger partial charge in [0.25, 0.3) is 5.91 Å². The fourth-order valence-corrected chi connectivity index (χ4v) is 3.46. The number of aryl methyl sites for hydroxylation is 3. The van der Waals surface area contributed by atoms with Crippen LogP contribution in [-0.4, -0.2) is 50.2 Å². The van der Waals surface area contributed by atoms with E-state index in [0.29, 0.717) is 12.2 Å². The van der Waals surface area contributed by atoms with Crippen LogP contribution >= 0.6 is 0 Å². The van der Waals surface area contributed by atoms with E-state index in [0.717, 1.165) is 41.2 Å². The van der Waals surface area contributed by atoms with Crippen molar-refractivity contribution in [2.75, 3.05) is 31.1 Å². The standard InChI is InChI=1S/C20H28N4O3/c1-6-23(7-2)9-8-21-12-16-18(25)22-20(27)24(19(16)26)17-14(4)10-13(3)11-15(17)5/h10-12,16H,6-9H2,1-5H3,(H,22,25,27)/p+1. The summed E-state index contributed by atoms with van der Waals surface area (Å²) in [5, 5.41) is 2.28. The first-order valence-electron chi connectivity index (χ1n) is 9.40. The van der Waals surface area contributed by atoms with Crippen LogP contribution in [0.2, 0.25) is 0 Å². The van der Waals surface area contributed by atoms with Gasteiger partial charge in [0.2, 0.25) is 5.91 Å². The molecule has 7 nitrogen and oxygen atoms in total. The molecule has 4 amide bonds. The number of quaternary nitrogens is 1. The number of benzene rings is 1. The van der Waals surface area contributed by atoms with Crippen molar-refractivity contribution in [3.63, 3.8) is 0 Å². The van der Waals surface area contributed by atoms with E-state index >= 15 is 0 Å². The molecular formula is C20H29N4O3+. The maximum absolute atomic E-state index is 12.9. The lowest BCUT2D eigenvalue weighted by Crippen LogP contribution is -3.11. The maximum Gasteiger partial charge on any atom is 0.335 e. The zero-order valence-corrected chi connectivity index (χ0v) is 16.8. The van der Waals surface area contributed by atoms with E-state index < -0.39 is 23.8 Å². The van der Waals surface area contributed by atoms with Gasteiger partial charge in [0.05, 0.1) is 31.9 Å². The van der Waals surface area contributed by atoms with Gasteiger partial charge in [-0.3, -0.25) is 19.9 Å². The highest BCUT2D eigenvalue weighted by Gasteiger charge is 2.41. The molecule has 2 rings (SSSR count). The number of carbonyl (C=O) groups excluding carboxylic acids is 3. The lowest BCUT2D eigenvalue weighted by molar-refractivity contribution is -0.894. The first-order chi connectivity index (χ1) is 12.8. The summed E-state index contributed by atoms with van der Waals surface area (Å²) in [5.41, 5.74) is 3.20. The number of hydrogen-bond donors (Lipinski definition) is 2. The molecule has 0 aliphatic carbocycles. The summed E-state index contributed by atoms with van der Waals surface area (Å²) in [6.07, 6.45) is 1.37. The van der Waals surface area contributed by atoms with Crippen molar-refractivity contribution in [2.24, 2.45) is 10.9 Å². The summed E-state index contributed by atoms with van der Waals surface area (Å²) in [6.45, 7) is 13.2. The van der Waals surface area contributed by atoms with Gasteiger partial charge in [-0.2, -0.15) is 0 Å². The van der Waals surface area contributed by atoms with Crippen LogP contribution in [0.15, 0.2) is 17.1 Å². The molecule has 1 aliphatic heterocycles.